The summed E-state index contributed by atoms with van der Waals surface area (Å²) < 4.78 is 0. The number of imide groups is 1. The molecule has 2 heterocycles. The zero-order valence-corrected chi connectivity index (χ0v) is 16.6. The summed E-state index contributed by atoms with van der Waals surface area (Å²) in [6, 6.07) is 17.0. The van der Waals surface area contributed by atoms with Crippen LogP contribution in [0.1, 0.15) is 22.3 Å². The molecule has 6 nitrogen and oxygen atoms in total. The molecule has 1 fully saturated rings. The Balaban J connectivity index is 1.52. The number of benzene rings is 2. The van der Waals surface area contributed by atoms with E-state index in [0.717, 1.165) is 16.5 Å². The van der Waals surface area contributed by atoms with Gasteiger partial charge in [0.05, 0.1) is 16.3 Å². The van der Waals surface area contributed by atoms with Crippen LogP contribution in [0.4, 0.5) is 0 Å². The SMILES string of the molecule is CN(Cc1ccc2ncccc2c1)C(=O)c1ccccc1SC1CC(=O)NC1=O. The van der Waals surface area contributed by atoms with E-state index in [4.69, 9.17) is 0 Å². The molecule has 3 amide bonds. The van der Waals surface area contributed by atoms with E-state index < -0.39 is 5.25 Å². The molecule has 3 aromatic rings. The van der Waals surface area contributed by atoms with Crippen LogP contribution < -0.4 is 5.32 Å². The quantitative estimate of drug-likeness (QED) is 0.660. The summed E-state index contributed by atoms with van der Waals surface area (Å²) in [5, 5.41) is 2.83. The number of nitrogens with one attached hydrogen (secondary N) is 1. The lowest BCUT2D eigenvalue weighted by Gasteiger charge is -2.20. The summed E-state index contributed by atoms with van der Waals surface area (Å²) in [6.07, 6.45) is 1.89. The van der Waals surface area contributed by atoms with Crippen molar-refractivity contribution in [1.82, 2.24) is 15.2 Å². The number of carbonyl (C=O) groups excluding carboxylic acids is 3. The Labute approximate surface area is 172 Å². The molecule has 2 aromatic carbocycles. The molecule has 0 radical (unpaired) electrons. The standard InChI is InChI=1S/C22H19N3O3S/c1-25(13-14-8-9-17-15(11-14)5-4-10-23-17)22(28)16-6-2-3-7-18(16)29-19-12-20(26)24-21(19)27/h2-11,19H,12-13H2,1H3,(H,24,26,27). The van der Waals surface area contributed by atoms with Crippen molar-refractivity contribution in [1.29, 1.82) is 0 Å². The first kappa shape index (κ1) is 19.1. The second kappa shape index (κ2) is 8.05. The number of hydrogen-bond acceptors (Lipinski definition) is 5. The van der Waals surface area contributed by atoms with Crippen molar-refractivity contribution in [2.45, 2.75) is 23.1 Å². The average molecular weight is 405 g/mol. The third-order valence-corrected chi connectivity index (χ3v) is 6.02. The highest BCUT2D eigenvalue weighted by Gasteiger charge is 2.32. The molecule has 0 aliphatic carbocycles. The number of carbonyl (C=O) groups is 3. The fourth-order valence-corrected chi connectivity index (χ4v) is 4.45. The van der Waals surface area contributed by atoms with Crippen molar-refractivity contribution in [2.24, 2.45) is 0 Å². The van der Waals surface area contributed by atoms with Gasteiger partial charge in [-0.3, -0.25) is 24.7 Å². The van der Waals surface area contributed by atoms with Gasteiger partial charge in [0.2, 0.25) is 11.8 Å². The third kappa shape index (κ3) is 4.14. The Kier molecular flexibility index (Phi) is 5.31. The molecule has 0 spiro atoms. The molecule has 1 aromatic heterocycles. The van der Waals surface area contributed by atoms with Crippen LogP contribution in [0.25, 0.3) is 10.9 Å². The van der Waals surface area contributed by atoms with Crippen molar-refractivity contribution in [3.63, 3.8) is 0 Å². The van der Waals surface area contributed by atoms with Gasteiger partial charge < -0.3 is 4.90 Å². The maximum Gasteiger partial charge on any atom is 0.255 e. The summed E-state index contributed by atoms with van der Waals surface area (Å²) in [6.45, 7) is 0.449. The number of aromatic nitrogens is 1. The van der Waals surface area contributed by atoms with Gasteiger partial charge in [0.1, 0.15) is 0 Å². The van der Waals surface area contributed by atoms with Gasteiger partial charge in [-0.1, -0.05) is 24.3 Å². The van der Waals surface area contributed by atoms with Gasteiger partial charge >= 0.3 is 0 Å². The molecular weight excluding hydrogens is 386 g/mol. The van der Waals surface area contributed by atoms with Crippen LogP contribution >= 0.6 is 11.8 Å². The van der Waals surface area contributed by atoms with Gasteiger partial charge in [-0.2, -0.15) is 0 Å². The Hall–Kier alpha value is -3.19. The van der Waals surface area contributed by atoms with E-state index in [9.17, 15) is 14.4 Å². The van der Waals surface area contributed by atoms with Crippen LogP contribution in [0, 0.1) is 0 Å². The topological polar surface area (TPSA) is 79.4 Å². The molecule has 1 saturated heterocycles. The predicted molar refractivity (Wildman–Crippen MR) is 111 cm³/mol. The van der Waals surface area contributed by atoms with Crippen molar-refractivity contribution in [2.75, 3.05) is 7.05 Å². The second-order valence-corrected chi connectivity index (χ2v) is 8.16. The van der Waals surface area contributed by atoms with E-state index in [1.807, 2.05) is 42.5 Å². The number of thioether (sulfide) groups is 1. The van der Waals surface area contributed by atoms with E-state index >= 15 is 0 Å². The first-order valence-electron chi connectivity index (χ1n) is 9.20. The third-order valence-electron chi connectivity index (χ3n) is 4.75. The zero-order chi connectivity index (χ0) is 20.4. The number of pyridine rings is 1. The average Bonchev–Trinajstić information content (AvgIpc) is 3.04. The molecule has 146 valence electrons. The fourth-order valence-electron chi connectivity index (χ4n) is 3.30. The lowest BCUT2D eigenvalue weighted by atomic mass is 10.1. The molecular formula is C22H19N3O3S. The van der Waals surface area contributed by atoms with Crippen molar-refractivity contribution < 1.29 is 14.4 Å². The smallest absolute Gasteiger partial charge is 0.255 e. The minimum Gasteiger partial charge on any atom is -0.337 e. The van der Waals surface area contributed by atoms with Gasteiger partial charge in [-0.25, -0.2) is 0 Å². The summed E-state index contributed by atoms with van der Waals surface area (Å²) in [5.74, 6) is -0.719. The molecule has 1 unspecified atom stereocenters. The van der Waals surface area contributed by atoms with Gasteiger partial charge in [-0.15, -0.1) is 11.8 Å². The van der Waals surface area contributed by atoms with E-state index in [2.05, 4.69) is 10.3 Å². The lowest BCUT2D eigenvalue weighted by molar-refractivity contribution is -0.124. The van der Waals surface area contributed by atoms with Crippen molar-refractivity contribution in [3.8, 4) is 0 Å². The lowest BCUT2D eigenvalue weighted by Crippen LogP contribution is -2.27. The van der Waals surface area contributed by atoms with Crippen LogP contribution in [-0.2, 0) is 16.1 Å². The first-order valence-corrected chi connectivity index (χ1v) is 10.1. The molecule has 1 aliphatic heterocycles. The molecule has 29 heavy (non-hydrogen) atoms. The van der Waals surface area contributed by atoms with Crippen LogP contribution in [0.15, 0.2) is 65.7 Å². The fraction of sp³-hybridized carbons (Fsp3) is 0.182. The van der Waals surface area contributed by atoms with Gasteiger partial charge in [0, 0.05) is 36.5 Å². The zero-order valence-electron chi connectivity index (χ0n) is 15.8. The minimum absolute atomic E-state index is 0.132. The number of fused-ring (bicyclic) bond motifs is 1. The molecule has 1 atom stereocenters. The Morgan fingerprint density at radius 1 is 1.17 bits per heavy atom. The maximum atomic E-state index is 13.1. The van der Waals surface area contributed by atoms with Gasteiger partial charge in [-0.05, 0) is 35.9 Å². The van der Waals surface area contributed by atoms with Crippen LogP contribution in [0.2, 0.25) is 0 Å². The number of hydrogen-bond donors (Lipinski definition) is 1. The minimum atomic E-state index is -0.505. The Bertz CT molecular complexity index is 1120. The molecule has 0 saturated carbocycles. The summed E-state index contributed by atoms with van der Waals surface area (Å²) in [5.41, 5.74) is 2.44. The Morgan fingerprint density at radius 3 is 2.79 bits per heavy atom. The molecule has 4 rings (SSSR count). The molecule has 1 N–H and O–H groups in total. The van der Waals surface area contributed by atoms with E-state index in [-0.39, 0.29) is 24.1 Å². The molecule has 0 bridgehead atoms. The van der Waals surface area contributed by atoms with E-state index in [1.165, 1.54) is 11.8 Å². The summed E-state index contributed by atoms with van der Waals surface area (Å²) >= 11 is 1.25. The number of amides is 3. The van der Waals surface area contributed by atoms with E-state index in [0.29, 0.717) is 17.0 Å². The van der Waals surface area contributed by atoms with Crippen molar-refractivity contribution in [3.05, 3.63) is 71.9 Å². The van der Waals surface area contributed by atoms with E-state index in [1.54, 1.807) is 30.3 Å². The largest absolute Gasteiger partial charge is 0.337 e. The molecule has 7 heteroatoms. The first-order chi connectivity index (χ1) is 14.0. The summed E-state index contributed by atoms with van der Waals surface area (Å²) in [7, 11) is 1.75. The number of nitrogens with zero attached hydrogens (tertiary/aromatic N) is 2. The predicted octanol–water partition coefficient (Wildman–Crippen LogP) is 3.01. The highest BCUT2D eigenvalue weighted by molar-refractivity contribution is 8.00. The highest BCUT2D eigenvalue weighted by atomic mass is 32.2. The Morgan fingerprint density at radius 2 is 2.00 bits per heavy atom. The highest BCUT2D eigenvalue weighted by Crippen LogP contribution is 2.31. The van der Waals surface area contributed by atoms with Crippen LogP contribution in [0.3, 0.4) is 0 Å². The van der Waals surface area contributed by atoms with Crippen LogP contribution in [0.5, 0.6) is 0 Å². The monoisotopic (exact) mass is 405 g/mol. The summed E-state index contributed by atoms with van der Waals surface area (Å²) in [4.78, 5) is 43.1. The normalized spacial score (nSPS) is 16.1. The second-order valence-electron chi connectivity index (χ2n) is 6.91. The van der Waals surface area contributed by atoms with Crippen molar-refractivity contribution >= 4 is 40.4 Å². The molecule has 1 aliphatic rings. The maximum absolute atomic E-state index is 13.1. The van der Waals surface area contributed by atoms with Gasteiger partial charge in [0.25, 0.3) is 5.91 Å². The van der Waals surface area contributed by atoms with Crippen LogP contribution in [-0.4, -0.2) is 39.9 Å². The number of rotatable bonds is 5. The van der Waals surface area contributed by atoms with Gasteiger partial charge in [0.15, 0.2) is 0 Å².